The molecular weight excluding hydrogens is 304 g/mol. The van der Waals surface area contributed by atoms with Gasteiger partial charge in [-0.3, -0.25) is 0 Å². The van der Waals surface area contributed by atoms with Crippen molar-refractivity contribution in [2.75, 3.05) is 0 Å². The third-order valence-corrected chi connectivity index (χ3v) is 5.77. The van der Waals surface area contributed by atoms with Gasteiger partial charge in [0.1, 0.15) is 0 Å². The van der Waals surface area contributed by atoms with Crippen LogP contribution in [0.3, 0.4) is 0 Å². The molecule has 0 fully saturated rings. The van der Waals surface area contributed by atoms with Gasteiger partial charge < -0.3 is 0 Å². The van der Waals surface area contributed by atoms with Crippen molar-refractivity contribution >= 4 is 0 Å². The first-order valence-electron chi connectivity index (χ1n) is 9.95. The molecule has 134 valence electrons. The molecule has 0 saturated carbocycles. The van der Waals surface area contributed by atoms with E-state index in [1.165, 1.54) is 47.9 Å². The minimum atomic E-state index is 0.559. The van der Waals surface area contributed by atoms with Crippen LogP contribution in [0.25, 0.3) is 11.3 Å². The minimum Gasteiger partial charge on any atom is -0.155 e. The average Bonchev–Trinajstić information content (AvgIpc) is 2.56. The molecule has 1 atom stereocenters. The van der Waals surface area contributed by atoms with E-state index in [0.717, 1.165) is 17.8 Å². The Balaban J connectivity index is 2.12. The second-order valence-corrected chi connectivity index (χ2v) is 8.25. The summed E-state index contributed by atoms with van der Waals surface area (Å²) in [5, 5.41) is 9.23. The Kier molecular flexibility index (Phi) is 5.56. The Labute approximate surface area is 153 Å². The fraction of sp³-hybridized carbons (Fsp3) is 0.565. The molecular formula is C23H32N2. The molecule has 3 rings (SSSR count). The predicted octanol–water partition coefficient (Wildman–Crippen LogP) is 6.43. The predicted molar refractivity (Wildman–Crippen MR) is 106 cm³/mol. The Morgan fingerprint density at radius 3 is 2.28 bits per heavy atom. The quantitative estimate of drug-likeness (QED) is 0.645. The lowest BCUT2D eigenvalue weighted by molar-refractivity contribution is 0.428. The average molecular weight is 337 g/mol. The van der Waals surface area contributed by atoms with Gasteiger partial charge in [-0.05, 0) is 60.6 Å². The van der Waals surface area contributed by atoms with Crippen LogP contribution >= 0.6 is 0 Å². The van der Waals surface area contributed by atoms with E-state index in [0.29, 0.717) is 17.8 Å². The van der Waals surface area contributed by atoms with Gasteiger partial charge in [0.15, 0.2) is 0 Å². The molecule has 0 amide bonds. The van der Waals surface area contributed by atoms with Crippen molar-refractivity contribution in [3.63, 3.8) is 0 Å². The maximum atomic E-state index is 4.65. The number of hydrogen-bond acceptors (Lipinski definition) is 2. The van der Waals surface area contributed by atoms with Crippen LogP contribution in [0.15, 0.2) is 24.3 Å². The molecule has 1 aliphatic rings. The van der Waals surface area contributed by atoms with Crippen LogP contribution in [0.2, 0.25) is 0 Å². The number of aromatic nitrogens is 2. The van der Waals surface area contributed by atoms with Crippen LogP contribution in [0.5, 0.6) is 0 Å². The summed E-state index contributed by atoms with van der Waals surface area (Å²) in [7, 11) is 0. The maximum absolute atomic E-state index is 4.65. The summed E-state index contributed by atoms with van der Waals surface area (Å²) in [5.41, 5.74) is 7.81. The SMILES string of the molecule is Cc1nnc(-c2ccc(C(C)C)cc2)c2c1C(C(C)C)CCCCC2. The van der Waals surface area contributed by atoms with Crippen LogP contribution in [0.1, 0.15) is 87.6 Å². The Morgan fingerprint density at radius 1 is 0.920 bits per heavy atom. The van der Waals surface area contributed by atoms with E-state index in [4.69, 9.17) is 0 Å². The van der Waals surface area contributed by atoms with Gasteiger partial charge in [-0.2, -0.15) is 5.10 Å². The van der Waals surface area contributed by atoms with Crippen molar-refractivity contribution in [2.45, 2.75) is 78.6 Å². The molecule has 1 unspecified atom stereocenters. The van der Waals surface area contributed by atoms with Crippen molar-refractivity contribution in [3.8, 4) is 11.3 Å². The molecule has 1 heterocycles. The van der Waals surface area contributed by atoms with Crippen LogP contribution in [-0.2, 0) is 6.42 Å². The van der Waals surface area contributed by atoms with Crippen LogP contribution in [0, 0.1) is 12.8 Å². The van der Waals surface area contributed by atoms with E-state index in [-0.39, 0.29) is 0 Å². The number of aryl methyl sites for hydroxylation is 1. The number of hydrogen-bond donors (Lipinski definition) is 0. The molecule has 1 aromatic carbocycles. The van der Waals surface area contributed by atoms with Crippen molar-refractivity contribution in [3.05, 3.63) is 46.6 Å². The number of rotatable bonds is 3. The first-order chi connectivity index (χ1) is 12.0. The van der Waals surface area contributed by atoms with Gasteiger partial charge >= 0.3 is 0 Å². The highest BCUT2D eigenvalue weighted by Gasteiger charge is 2.26. The third kappa shape index (κ3) is 3.78. The lowest BCUT2D eigenvalue weighted by Crippen LogP contribution is -2.16. The van der Waals surface area contributed by atoms with Crippen LogP contribution < -0.4 is 0 Å². The van der Waals surface area contributed by atoms with E-state index in [9.17, 15) is 0 Å². The number of fused-ring (bicyclic) bond motifs is 1. The third-order valence-electron chi connectivity index (χ3n) is 5.77. The van der Waals surface area contributed by atoms with Crippen LogP contribution in [0.4, 0.5) is 0 Å². The first kappa shape index (κ1) is 18.1. The summed E-state index contributed by atoms with van der Waals surface area (Å²) >= 11 is 0. The van der Waals surface area contributed by atoms with Gasteiger partial charge in [0.05, 0.1) is 11.4 Å². The molecule has 0 bridgehead atoms. The van der Waals surface area contributed by atoms with E-state index < -0.39 is 0 Å². The first-order valence-corrected chi connectivity index (χ1v) is 9.95. The zero-order valence-electron chi connectivity index (χ0n) is 16.5. The summed E-state index contributed by atoms with van der Waals surface area (Å²) in [4.78, 5) is 0. The van der Waals surface area contributed by atoms with Gasteiger partial charge in [0, 0.05) is 5.56 Å². The lowest BCUT2D eigenvalue weighted by Gasteiger charge is -2.28. The molecule has 2 nitrogen and oxygen atoms in total. The molecule has 0 saturated heterocycles. The molecule has 1 aliphatic carbocycles. The standard InChI is InChI=1S/C23H32N2/c1-15(2)18-11-13-19(14-12-18)23-21-10-8-6-7-9-20(16(3)4)22(21)17(5)24-25-23/h11-16,20H,6-10H2,1-5H3. The van der Waals surface area contributed by atoms with Gasteiger partial charge in [-0.1, -0.05) is 64.8 Å². The van der Waals surface area contributed by atoms with E-state index in [2.05, 4.69) is 69.1 Å². The fourth-order valence-electron chi connectivity index (χ4n) is 4.24. The van der Waals surface area contributed by atoms with Gasteiger partial charge in [-0.25, -0.2) is 0 Å². The van der Waals surface area contributed by atoms with E-state index in [1.54, 1.807) is 0 Å². The van der Waals surface area contributed by atoms with Gasteiger partial charge in [0.25, 0.3) is 0 Å². The lowest BCUT2D eigenvalue weighted by atomic mass is 9.77. The summed E-state index contributed by atoms with van der Waals surface area (Å²) in [6.45, 7) is 11.3. The molecule has 0 aliphatic heterocycles. The smallest absolute Gasteiger partial charge is 0.0964 e. The molecule has 0 spiro atoms. The van der Waals surface area contributed by atoms with E-state index >= 15 is 0 Å². The summed E-state index contributed by atoms with van der Waals surface area (Å²) < 4.78 is 0. The van der Waals surface area contributed by atoms with Crippen molar-refractivity contribution in [1.29, 1.82) is 0 Å². The molecule has 25 heavy (non-hydrogen) atoms. The van der Waals surface area contributed by atoms with Gasteiger partial charge in [-0.15, -0.1) is 5.10 Å². The van der Waals surface area contributed by atoms with Crippen molar-refractivity contribution < 1.29 is 0 Å². The highest BCUT2D eigenvalue weighted by Crippen LogP contribution is 2.39. The Hall–Kier alpha value is -1.70. The highest BCUT2D eigenvalue weighted by atomic mass is 15.1. The van der Waals surface area contributed by atoms with E-state index in [1.807, 2.05) is 0 Å². The number of nitrogens with zero attached hydrogens (tertiary/aromatic N) is 2. The topological polar surface area (TPSA) is 25.8 Å². The summed E-state index contributed by atoms with van der Waals surface area (Å²) in [6, 6.07) is 8.96. The zero-order chi connectivity index (χ0) is 18.0. The second kappa shape index (κ2) is 7.68. The molecule has 0 N–H and O–H groups in total. The molecule has 0 radical (unpaired) electrons. The molecule has 2 aromatic rings. The second-order valence-electron chi connectivity index (χ2n) is 8.25. The Bertz CT molecular complexity index is 714. The van der Waals surface area contributed by atoms with Crippen molar-refractivity contribution in [2.24, 2.45) is 5.92 Å². The molecule has 2 heteroatoms. The Morgan fingerprint density at radius 2 is 1.64 bits per heavy atom. The minimum absolute atomic E-state index is 0.559. The maximum Gasteiger partial charge on any atom is 0.0964 e. The fourth-order valence-corrected chi connectivity index (χ4v) is 4.24. The van der Waals surface area contributed by atoms with Crippen LogP contribution in [-0.4, -0.2) is 10.2 Å². The normalized spacial score (nSPS) is 18.1. The zero-order valence-corrected chi connectivity index (χ0v) is 16.5. The van der Waals surface area contributed by atoms with Gasteiger partial charge in [0.2, 0.25) is 0 Å². The summed E-state index contributed by atoms with van der Waals surface area (Å²) in [5.74, 6) is 1.82. The summed E-state index contributed by atoms with van der Waals surface area (Å²) in [6.07, 6.45) is 6.34. The highest BCUT2D eigenvalue weighted by molar-refractivity contribution is 5.65. The number of benzene rings is 1. The molecule has 1 aromatic heterocycles. The van der Waals surface area contributed by atoms with Crippen molar-refractivity contribution in [1.82, 2.24) is 10.2 Å². The largest absolute Gasteiger partial charge is 0.155 e. The monoisotopic (exact) mass is 336 g/mol.